The molecule has 0 heterocycles. The number of hydrogen-bond donors (Lipinski definition) is 2. The van der Waals surface area contributed by atoms with E-state index in [4.69, 9.17) is 9.84 Å². The van der Waals surface area contributed by atoms with E-state index in [9.17, 15) is 4.79 Å². The van der Waals surface area contributed by atoms with Crippen LogP contribution >= 0.6 is 0 Å². The molecular formula is C9H20N2O3. The molecule has 0 aromatic heterocycles. The van der Waals surface area contributed by atoms with E-state index in [2.05, 4.69) is 5.32 Å². The van der Waals surface area contributed by atoms with Gasteiger partial charge in [-0.25, -0.2) is 0 Å². The van der Waals surface area contributed by atoms with Crippen molar-refractivity contribution in [2.24, 2.45) is 0 Å². The number of nitrogens with zero attached hydrogens (tertiary/aromatic N) is 1. The number of carbonyl (C=O) groups is 1. The molecule has 14 heavy (non-hydrogen) atoms. The van der Waals surface area contributed by atoms with Gasteiger partial charge >= 0.3 is 0 Å². The average Bonchev–Trinajstić information content (AvgIpc) is 2.14. The van der Waals surface area contributed by atoms with Gasteiger partial charge in [-0.3, -0.25) is 4.79 Å². The first-order valence-electron chi connectivity index (χ1n) is 4.65. The molecule has 0 aromatic carbocycles. The summed E-state index contributed by atoms with van der Waals surface area (Å²) in [7, 11) is 5.02. The smallest absolute Gasteiger partial charge is 0.236 e. The second kappa shape index (κ2) is 7.73. The summed E-state index contributed by atoms with van der Waals surface area (Å²) in [6.45, 7) is 0.874. The molecule has 0 aliphatic carbocycles. The van der Waals surface area contributed by atoms with E-state index in [0.717, 1.165) is 0 Å². The lowest BCUT2D eigenvalue weighted by atomic mass is 10.2. The Labute approximate surface area is 85.0 Å². The minimum Gasteiger partial charge on any atom is -0.396 e. The molecule has 0 bridgehead atoms. The van der Waals surface area contributed by atoms with Crippen molar-refractivity contribution in [1.82, 2.24) is 10.2 Å². The van der Waals surface area contributed by atoms with Gasteiger partial charge in [0, 0.05) is 33.9 Å². The van der Waals surface area contributed by atoms with E-state index in [1.165, 1.54) is 4.90 Å². The number of likely N-dealkylation sites (N-methyl/N-ethyl adjacent to an activating group) is 1. The Kier molecular flexibility index (Phi) is 7.37. The molecular weight excluding hydrogens is 184 g/mol. The zero-order chi connectivity index (χ0) is 11.0. The Hall–Kier alpha value is -0.650. The molecule has 0 aliphatic heterocycles. The highest BCUT2D eigenvalue weighted by Crippen LogP contribution is 1.91. The van der Waals surface area contributed by atoms with Crippen LogP contribution in [0, 0.1) is 0 Å². The molecule has 0 saturated carbocycles. The Bertz CT molecular complexity index is 156. The molecule has 0 aliphatic rings. The van der Waals surface area contributed by atoms with Gasteiger partial charge in [0.1, 0.15) is 0 Å². The van der Waals surface area contributed by atoms with Gasteiger partial charge in [0.2, 0.25) is 5.91 Å². The molecule has 84 valence electrons. The van der Waals surface area contributed by atoms with Crippen LogP contribution in [0.2, 0.25) is 0 Å². The fourth-order valence-corrected chi connectivity index (χ4v) is 0.991. The summed E-state index contributed by atoms with van der Waals surface area (Å²) in [5.41, 5.74) is 0. The minimum absolute atomic E-state index is 0.0176. The molecule has 0 spiro atoms. The van der Waals surface area contributed by atoms with Crippen LogP contribution in [0.5, 0.6) is 0 Å². The van der Waals surface area contributed by atoms with Crippen molar-refractivity contribution in [2.45, 2.75) is 12.5 Å². The van der Waals surface area contributed by atoms with Crippen molar-refractivity contribution in [3.05, 3.63) is 0 Å². The Morgan fingerprint density at radius 1 is 1.57 bits per heavy atom. The second-order valence-corrected chi connectivity index (χ2v) is 3.33. The quantitative estimate of drug-likeness (QED) is 0.562. The van der Waals surface area contributed by atoms with Crippen molar-refractivity contribution < 1.29 is 14.6 Å². The predicted molar refractivity (Wildman–Crippen MR) is 54.1 cm³/mol. The van der Waals surface area contributed by atoms with Crippen LogP contribution in [0.1, 0.15) is 6.42 Å². The molecule has 0 aromatic rings. The zero-order valence-electron chi connectivity index (χ0n) is 9.12. The third kappa shape index (κ3) is 5.90. The maximum atomic E-state index is 11.2. The number of aliphatic hydroxyl groups excluding tert-OH is 1. The lowest BCUT2D eigenvalue weighted by molar-refractivity contribution is -0.127. The first-order chi connectivity index (χ1) is 6.61. The van der Waals surface area contributed by atoms with E-state index in [0.29, 0.717) is 13.0 Å². The van der Waals surface area contributed by atoms with Crippen molar-refractivity contribution >= 4 is 5.91 Å². The van der Waals surface area contributed by atoms with Gasteiger partial charge in [-0.15, -0.1) is 0 Å². The Balaban J connectivity index is 3.74. The highest BCUT2D eigenvalue weighted by molar-refractivity contribution is 5.77. The summed E-state index contributed by atoms with van der Waals surface area (Å²) >= 11 is 0. The number of ether oxygens (including phenoxy) is 1. The number of carbonyl (C=O) groups excluding carboxylic acids is 1. The molecule has 0 rings (SSSR count). The summed E-state index contributed by atoms with van der Waals surface area (Å²) in [4.78, 5) is 12.7. The second-order valence-electron chi connectivity index (χ2n) is 3.33. The van der Waals surface area contributed by atoms with Crippen molar-refractivity contribution in [2.75, 3.05) is 41.0 Å². The van der Waals surface area contributed by atoms with Crippen LogP contribution in [0.25, 0.3) is 0 Å². The van der Waals surface area contributed by atoms with E-state index >= 15 is 0 Å². The molecule has 2 N–H and O–H groups in total. The van der Waals surface area contributed by atoms with E-state index in [1.807, 2.05) is 0 Å². The molecule has 1 amide bonds. The molecule has 5 nitrogen and oxygen atoms in total. The van der Waals surface area contributed by atoms with Crippen LogP contribution in [0.3, 0.4) is 0 Å². The molecule has 0 radical (unpaired) electrons. The van der Waals surface area contributed by atoms with E-state index in [1.54, 1.807) is 21.2 Å². The predicted octanol–water partition coefficient (Wildman–Crippen LogP) is -0.938. The largest absolute Gasteiger partial charge is 0.396 e. The van der Waals surface area contributed by atoms with Gasteiger partial charge in [-0.1, -0.05) is 0 Å². The minimum atomic E-state index is 0.0176. The standard InChI is InChI=1S/C9H20N2O3/c1-11(2)9(13)6-10-8(4-5-12)7-14-3/h8,10,12H,4-7H2,1-3H3. The zero-order valence-corrected chi connectivity index (χ0v) is 9.12. The highest BCUT2D eigenvalue weighted by atomic mass is 16.5. The van der Waals surface area contributed by atoms with E-state index in [-0.39, 0.29) is 25.1 Å². The first kappa shape index (κ1) is 13.4. The number of aliphatic hydroxyl groups is 1. The fraction of sp³-hybridized carbons (Fsp3) is 0.889. The van der Waals surface area contributed by atoms with Crippen molar-refractivity contribution in [3.63, 3.8) is 0 Å². The van der Waals surface area contributed by atoms with Gasteiger partial charge in [-0.2, -0.15) is 0 Å². The van der Waals surface area contributed by atoms with Crippen molar-refractivity contribution in [3.8, 4) is 0 Å². The van der Waals surface area contributed by atoms with Gasteiger partial charge in [0.15, 0.2) is 0 Å². The van der Waals surface area contributed by atoms with Gasteiger partial charge < -0.3 is 20.1 Å². The number of hydrogen-bond acceptors (Lipinski definition) is 4. The molecule has 5 heteroatoms. The van der Waals surface area contributed by atoms with Crippen LogP contribution in [0.15, 0.2) is 0 Å². The van der Waals surface area contributed by atoms with Gasteiger partial charge in [-0.05, 0) is 6.42 Å². The summed E-state index contributed by atoms with van der Waals surface area (Å²) in [5, 5.41) is 11.8. The monoisotopic (exact) mass is 204 g/mol. The van der Waals surface area contributed by atoms with Crippen LogP contribution in [-0.4, -0.2) is 62.9 Å². The van der Waals surface area contributed by atoms with Crippen LogP contribution in [-0.2, 0) is 9.53 Å². The molecule has 0 saturated heterocycles. The third-order valence-corrected chi connectivity index (χ3v) is 1.89. The van der Waals surface area contributed by atoms with Crippen LogP contribution < -0.4 is 5.32 Å². The molecule has 1 atom stereocenters. The van der Waals surface area contributed by atoms with Crippen LogP contribution in [0.4, 0.5) is 0 Å². The number of nitrogens with one attached hydrogen (secondary N) is 1. The van der Waals surface area contributed by atoms with Gasteiger partial charge in [0.05, 0.1) is 13.2 Å². The normalized spacial score (nSPS) is 12.6. The number of rotatable bonds is 7. The summed E-state index contributed by atoms with van der Waals surface area (Å²) < 4.78 is 4.95. The van der Waals surface area contributed by atoms with Crippen molar-refractivity contribution in [1.29, 1.82) is 0 Å². The lowest BCUT2D eigenvalue weighted by Gasteiger charge is -2.18. The van der Waals surface area contributed by atoms with Gasteiger partial charge in [0.25, 0.3) is 0 Å². The molecule has 0 fully saturated rings. The lowest BCUT2D eigenvalue weighted by Crippen LogP contribution is -2.41. The fourth-order valence-electron chi connectivity index (χ4n) is 0.991. The first-order valence-corrected chi connectivity index (χ1v) is 4.65. The summed E-state index contributed by atoms with van der Waals surface area (Å²) in [5.74, 6) is 0.0176. The summed E-state index contributed by atoms with van der Waals surface area (Å²) in [6.07, 6.45) is 0.592. The highest BCUT2D eigenvalue weighted by Gasteiger charge is 2.10. The number of methoxy groups -OCH3 is 1. The average molecular weight is 204 g/mol. The maximum Gasteiger partial charge on any atom is 0.236 e. The number of amides is 1. The Morgan fingerprint density at radius 3 is 2.64 bits per heavy atom. The maximum absolute atomic E-state index is 11.2. The SMILES string of the molecule is COCC(CCO)NCC(=O)N(C)C. The molecule has 1 unspecified atom stereocenters. The summed E-state index contributed by atoms with van der Waals surface area (Å²) in [6, 6.07) is 0.0360. The third-order valence-electron chi connectivity index (χ3n) is 1.89. The Morgan fingerprint density at radius 2 is 2.21 bits per heavy atom. The topological polar surface area (TPSA) is 61.8 Å². The van der Waals surface area contributed by atoms with E-state index < -0.39 is 0 Å².